The highest BCUT2D eigenvalue weighted by molar-refractivity contribution is 7.91. The van der Waals surface area contributed by atoms with Gasteiger partial charge in [-0.2, -0.15) is 4.37 Å². The Kier molecular flexibility index (Phi) is 3.12. The lowest BCUT2D eigenvalue weighted by Crippen LogP contribution is -2.05. The summed E-state index contributed by atoms with van der Waals surface area (Å²) >= 11 is 1.03. The van der Waals surface area contributed by atoms with Gasteiger partial charge in [0.25, 0.3) is 0 Å². The van der Waals surface area contributed by atoms with Crippen LogP contribution in [-0.4, -0.2) is 25.6 Å². The number of hydrogen-bond acceptors (Lipinski definition) is 6. The Hall–Kier alpha value is -1.08. The SMILES string of the molecule is C=CCNc1snc(N)c1S(C)(=O)=O. The van der Waals surface area contributed by atoms with E-state index in [0.717, 1.165) is 17.8 Å². The molecule has 0 unspecified atom stereocenters. The van der Waals surface area contributed by atoms with E-state index in [9.17, 15) is 8.42 Å². The van der Waals surface area contributed by atoms with E-state index < -0.39 is 9.84 Å². The molecule has 0 aromatic carbocycles. The van der Waals surface area contributed by atoms with E-state index in [-0.39, 0.29) is 10.7 Å². The molecule has 1 aromatic rings. The first-order valence-corrected chi connectivity index (χ1v) is 6.43. The molecule has 0 fully saturated rings. The number of nitrogens with two attached hydrogens (primary N) is 1. The van der Waals surface area contributed by atoms with Crippen molar-refractivity contribution in [3.63, 3.8) is 0 Å². The molecule has 0 aliphatic carbocycles. The average Bonchev–Trinajstić information content (AvgIpc) is 2.42. The summed E-state index contributed by atoms with van der Waals surface area (Å²) in [5.41, 5.74) is 5.45. The Morgan fingerprint density at radius 2 is 2.36 bits per heavy atom. The highest BCUT2D eigenvalue weighted by Gasteiger charge is 2.20. The predicted octanol–water partition coefficient (Wildman–Crippen LogP) is 0.727. The van der Waals surface area contributed by atoms with Gasteiger partial charge >= 0.3 is 0 Å². The second kappa shape index (κ2) is 3.97. The van der Waals surface area contributed by atoms with E-state index in [2.05, 4.69) is 16.3 Å². The van der Waals surface area contributed by atoms with Gasteiger partial charge in [0, 0.05) is 12.8 Å². The zero-order chi connectivity index (χ0) is 10.8. The topological polar surface area (TPSA) is 85.1 Å². The fourth-order valence-electron chi connectivity index (χ4n) is 0.930. The van der Waals surface area contributed by atoms with E-state index in [1.807, 2.05) is 0 Å². The largest absolute Gasteiger partial charge is 0.382 e. The summed E-state index contributed by atoms with van der Waals surface area (Å²) in [5.74, 6) is 0.0454. The van der Waals surface area contributed by atoms with Gasteiger partial charge in [0.15, 0.2) is 15.7 Å². The first-order valence-electron chi connectivity index (χ1n) is 3.76. The second-order valence-corrected chi connectivity index (χ2v) is 5.39. The van der Waals surface area contributed by atoms with Gasteiger partial charge < -0.3 is 11.1 Å². The molecule has 1 rings (SSSR count). The van der Waals surface area contributed by atoms with Gasteiger partial charge in [-0.15, -0.1) is 6.58 Å². The molecule has 0 aliphatic heterocycles. The molecule has 78 valence electrons. The summed E-state index contributed by atoms with van der Waals surface area (Å²) in [6, 6.07) is 0. The first kappa shape index (κ1) is 11.0. The van der Waals surface area contributed by atoms with Crippen molar-refractivity contribution in [2.75, 3.05) is 23.9 Å². The summed E-state index contributed by atoms with van der Waals surface area (Å²) in [7, 11) is -3.33. The van der Waals surface area contributed by atoms with Crippen LogP contribution in [0.15, 0.2) is 17.6 Å². The van der Waals surface area contributed by atoms with Crippen LogP contribution in [0.4, 0.5) is 10.8 Å². The normalized spacial score (nSPS) is 11.2. The van der Waals surface area contributed by atoms with Gasteiger partial charge in [0.1, 0.15) is 9.90 Å². The molecule has 14 heavy (non-hydrogen) atoms. The van der Waals surface area contributed by atoms with Crippen LogP contribution in [0.1, 0.15) is 0 Å². The number of aromatic nitrogens is 1. The Labute approximate surface area is 86.7 Å². The summed E-state index contributed by atoms with van der Waals surface area (Å²) in [5, 5.41) is 3.33. The number of nitrogens with zero attached hydrogens (tertiary/aromatic N) is 1. The van der Waals surface area contributed by atoms with E-state index in [0.29, 0.717) is 11.5 Å². The van der Waals surface area contributed by atoms with Crippen LogP contribution in [0.2, 0.25) is 0 Å². The van der Waals surface area contributed by atoms with Crippen LogP contribution >= 0.6 is 11.5 Å². The Balaban J connectivity index is 3.13. The third kappa shape index (κ3) is 2.24. The molecule has 0 atom stereocenters. The van der Waals surface area contributed by atoms with E-state index in [4.69, 9.17) is 5.73 Å². The van der Waals surface area contributed by atoms with Crippen molar-refractivity contribution in [3.05, 3.63) is 12.7 Å². The second-order valence-electron chi connectivity index (χ2n) is 2.67. The molecule has 5 nitrogen and oxygen atoms in total. The minimum absolute atomic E-state index is 0.0454. The number of hydrogen-bond donors (Lipinski definition) is 2. The number of sulfone groups is 1. The van der Waals surface area contributed by atoms with Gasteiger partial charge in [-0.05, 0) is 11.5 Å². The summed E-state index contributed by atoms with van der Waals surface area (Å²) in [6.45, 7) is 3.99. The van der Waals surface area contributed by atoms with Gasteiger partial charge in [-0.3, -0.25) is 0 Å². The maximum absolute atomic E-state index is 11.3. The quantitative estimate of drug-likeness (QED) is 0.749. The number of nitrogens with one attached hydrogen (secondary N) is 1. The van der Waals surface area contributed by atoms with Crippen molar-refractivity contribution in [1.29, 1.82) is 0 Å². The lowest BCUT2D eigenvalue weighted by molar-refractivity contribution is 0.602. The minimum atomic E-state index is -3.33. The predicted molar refractivity (Wildman–Crippen MR) is 58.3 cm³/mol. The zero-order valence-electron chi connectivity index (χ0n) is 7.65. The molecular weight excluding hydrogens is 222 g/mol. The zero-order valence-corrected chi connectivity index (χ0v) is 9.28. The minimum Gasteiger partial charge on any atom is -0.382 e. The van der Waals surface area contributed by atoms with Gasteiger partial charge in [-0.25, -0.2) is 8.42 Å². The maximum atomic E-state index is 11.3. The van der Waals surface area contributed by atoms with Crippen LogP contribution in [0.5, 0.6) is 0 Å². The highest BCUT2D eigenvalue weighted by atomic mass is 32.2. The van der Waals surface area contributed by atoms with Crippen molar-refractivity contribution >= 4 is 32.2 Å². The number of anilines is 2. The number of nitrogen functional groups attached to an aromatic ring is 1. The third-order valence-electron chi connectivity index (χ3n) is 1.45. The molecule has 0 spiro atoms. The summed E-state index contributed by atoms with van der Waals surface area (Å²) in [4.78, 5) is 0.0735. The molecule has 0 saturated carbocycles. The van der Waals surface area contributed by atoms with Crippen molar-refractivity contribution < 1.29 is 8.42 Å². The van der Waals surface area contributed by atoms with Crippen LogP contribution in [0, 0.1) is 0 Å². The Morgan fingerprint density at radius 1 is 1.71 bits per heavy atom. The van der Waals surface area contributed by atoms with Crippen molar-refractivity contribution in [2.24, 2.45) is 0 Å². The first-order chi connectivity index (χ1) is 6.46. The van der Waals surface area contributed by atoms with E-state index in [1.54, 1.807) is 6.08 Å². The van der Waals surface area contributed by atoms with Crippen LogP contribution in [0.25, 0.3) is 0 Å². The van der Waals surface area contributed by atoms with Crippen molar-refractivity contribution in [2.45, 2.75) is 4.90 Å². The smallest absolute Gasteiger partial charge is 0.182 e. The molecule has 1 heterocycles. The van der Waals surface area contributed by atoms with Crippen molar-refractivity contribution in [1.82, 2.24) is 4.37 Å². The lowest BCUT2D eigenvalue weighted by Gasteiger charge is -2.02. The molecule has 0 radical (unpaired) electrons. The Morgan fingerprint density at radius 3 is 2.86 bits per heavy atom. The average molecular weight is 233 g/mol. The van der Waals surface area contributed by atoms with Gasteiger partial charge in [-0.1, -0.05) is 6.08 Å². The fourth-order valence-corrected chi connectivity index (χ4v) is 3.00. The highest BCUT2D eigenvalue weighted by Crippen LogP contribution is 2.30. The molecule has 7 heteroatoms. The molecule has 0 aliphatic rings. The van der Waals surface area contributed by atoms with Crippen LogP contribution in [0.3, 0.4) is 0 Å². The van der Waals surface area contributed by atoms with Crippen LogP contribution < -0.4 is 11.1 Å². The lowest BCUT2D eigenvalue weighted by atomic mass is 10.5. The maximum Gasteiger partial charge on any atom is 0.182 e. The standard InChI is InChI=1S/C7H11N3O2S2/c1-3-4-9-7-5(14(2,11)12)6(8)10-13-7/h3,9H,1,4H2,2H3,(H2,8,10). The Bertz CT molecular complexity index is 436. The molecule has 3 N–H and O–H groups in total. The molecule has 0 saturated heterocycles. The number of rotatable bonds is 4. The summed E-state index contributed by atoms with van der Waals surface area (Å²) in [6.07, 6.45) is 2.73. The fraction of sp³-hybridized carbons (Fsp3) is 0.286. The molecule has 0 bridgehead atoms. The van der Waals surface area contributed by atoms with Gasteiger partial charge in [0.05, 0.1) is 0 Å². The third-order valence-corrected chi connectivity index (χ3v) is 3.55. The van der Waals surface area contributed by atoms with E-state index in [1.165, 1.54) is 0 Å². The van der Waals surface area contributed by atoms with Crippen molar-refractivity contribution in [3.8, 4) is 0 Å². The summed E-state index contributed by atoms with van der Waals surface area (Å²) < 4.78 is 26.4. The van der Waals surface area contributed by atoms with Crippen LogP contribution in [-0.2, 0) is 9.84 Å². The monoisotopic (exact) mass is 233 g/mol. The molecule has 1 aromatic heterocycles. The van der Waals surface area contributed by atoms with E-state index >= 15 is 0 Å². The molecular formula is C7H11N3O2S2. The van der Waals surface area contributed by atoms with Gasteiger partial charge in [0.2, 0.25) is 0 Å². The molecule has 0 amide bonds.